The minimum atomic E-state index is 0.182. The molecule has 1 aliphatic rings. The van der Waals surface area contributed by atoms with Gasteiger partial charge in [-0.3, -0.25) is 0 Å². The molecule has 0 atom stereocenters. The molecule has 0 amide bonds. The molecular weight excluding hydrogens is 308 g/mol. The monoisotopic (exact) mass is 324 g/mol. The lowest BCUT2D eigenvalue weighted by Gasteiger charge is -2.22. The van der Waals surface area contributed by atoms with Crippen LogP contribution in [0.5, 0.6) is 6.01 Å². The number of hydrogen-bond acceptors (Lipinski definition) is 6. The van der Waals surface area contributed by atoms with Crippen LogP contribution < -0.4 is 9.64 Å². The molecule has 112 valence electrons. The van der Waals surface area contributed by atoms with E-state index in [0.717, 1.165) is 13.0 Å². The first kappa shape index (κ1) is 14.5. The molecule has 1 aliphatic carbocycles. The molecule has 2 aromatic heterocycles. The van der Waals surface area contributed by atoms with Crippen molar-refractivity contribution in [1.82, 2.24) is 15.0 Å². The van der Waals surface area contributed by atoms with Crippen molar-refractivity contribution in [2.75, 3.05) is 11.5 Å². The van der Waals surface area contributed by atoms with E-state index in [-0.39, 0.29) is 5.28 Å². The standard InChI is InChI=1S/C14H17ClN4OS/c1-2-6-20-14-17-12(15)16-13(18-14)19(11-3-4-11)8-10-5-7-21-9-10/h5,7,9,11H,2-4,6,8H2,1H3. The predicted molar refractivity (Wildman–Crippen MR) is 84.1 cm³/mol. The van der Waals surface area contributed by atoms with Crippen LogP contribution in [-0.4, -0.2) is 27.6 Å². The zero-order valence-corrected chi connectivity index (χ0v) is 13.4. The summed E-state index contributed by atoms with van der Waals surface area (Å²) in [5, 5.41) is 4.41. The summed E-state index contributed by atoms with van der Waals surface area (Å²) in [6.07, 6.45) is 3.23. The van der Waals surface area contributed by atoms with Gasteiger partial charge in [0.15, 0.2) is 0 Å². The van der Waals surface area contributed by atoms with E-state index in [2.05, 4.69) is 36.7 Å². The van der Waals surface area contributed by atoms with Crippen molar-refractivity contribution in [3.05, 3.63) is 27.7 Å². The summed E-state index contributed by atoms with van der Waals surface area (Å²) < 4.78 is 5.49. The van der Waals surface area contributed by atoms with E-state index in [9.17, 15) is 0 Å². The van der Waals surface area contributed by atoms with Gasteiger partial charge in [-0.2, -0.15) is 26.3 Å². The van der Waals surface area contributed by atoms with Gasteiger partial charge >= 0.3 is 6.01 Å². The van der Waals surface area contributed by atoms with Crippen LogP contribution in [0.2, 0.25) is 5.28 Å². The fraction of sp³-hybridized carbons (Fsp3) is 0.500. The third-order valence-corrected chi connectivity index (χ3v) is 4.09. The molecule has 0 aromatic carbocycles. The second kappa shape index (κ2) is 6.58. The second-order valence-corrected chi connectivity index (χ2v) is 6.14. The molecule has 0 bridgehead atoms. The maximum atomic E-state index is 6.01. The largest absolute Gasteiger partial charge is 0.463 e. The lowest BCUT2D eigenvalue weighted by atomic mass is 10.3. The third-order valence-electron chi connectivity index (χ3n) is 3.19. The number of nitrogens with zero attached hydrogens (tertiary/aromatic N) is 4. The van der Waals surface area contributed by atoms with Crippen LogP contribution in [0.1, 0.15) is 31.7 Å². The number of ether oxygens (including phenoxy) is 1. The van der Waals surface area contributed by atoms with Gasteiger partial charge in [-0.15, -0.1) is 0 Å². The zero-order valence-electron chi connectivity index (χ0n) is 11.8. The topological polar surface area (TPSA) is 51.1 Å². The molecule has 0 unspecified atom stereocenters. The van der Waals surface area contributed by atoms with Gasteiger partial charge in [0.2, 0.25) is 11.2 Å². The highest BCUT2D eigenvalue weighted by Crippen LogP contribution is 2.32. The van der Waals surface area contributed by atoms with Gasteiger partial charge in [0.1, 0.15) is 0 Å². The Morgan fingerprint density at radius 2 is 2.24 bits per heavy atom. The molecule has 1 saturated carbocycles. The normalized spacial score (nSPS) is 14.2. The minimum Gasteiger partial charge on any atom is -0.463 e. The van der Waals surface area contributed by atoms with E-state index in [4.69, 9.17) is 16.3 Å². The van der Waals surface area contributed by atoms with E-state index in [1.54, 1.807) is 11.3 Å². The lowest BCUT2D eigenvalue weighted by molar-refractivity contribution is 0.291. The number of thiophene rings is 1. The Morgan fingerprint density at radius 3 is 2.90 bits per heavy atom. The molecule has 1 fully saturated rings. The van der Waals surface area contributed by atoms with E-state index in [0.29, 0.717) is 24.6 Å². The Balaban J connectivity index is 1.82. The van der Waals surface area contributed by atoms with Gasteiger partial charge in [0, 0.05) is 12.6 Å². The Hall–Kier alpha value is -1.40. The number of halogens is 1. The van der Waals surface area contributed by atoms with Gasteiger partial charge in [-0.05, 0) is 53.3 Å². The molecule has 7 heteroatoms. The number of rotatable bonds is 7. The molecule has 0 spiro atoms. The second-order valence-electron chi connectivity index (χ2n) is 5.03. The van der Waals surface area contributed by atoms with Crippen LogP contribution in [0.3, 0.4) is 0 Å². The molecule has 0 saturated heterocycles. The first-order valence-electron chi connectivity index (χ1n) is 7.08. The molecule has 0 N–H and O–H groups in total. The van der Waals surface area contributed by atoms with E-state index in [1.807, 2.05) is 6.92 Å². The minimum absolute atomic E-state index is 0.182. The van der Waals surface area contributed by atoms with Crippen molar-refractivity contribution < 1.29 is 4.74 Å². The number of hydrogen-bond donors (Lipinski definition) is 0. The smallest absolute Gasteiger partial charge is 0.322 e. The maximum Gasteiger partial charge on any atom is 0.322 e. The predicted octanol–water partition coefficient (Wildman–Crippen LogP) is 3.54. The summed E-state index contributed by atoms with van der Waals surface area (Å²) >= 11 is 7.71. The summed E-state index contributed by atoms with van der Waals surface area (Å²) in [5.74, 6) is 0.606. The van der Waals surface area contributed by atoms with E-state index < -0.39 is 0 Å². The van der Waals surface area contributed by atoms with Crippen molar-refractivity contribution in [3.8, 4) is 6.01 Å². The zero-order chi connectivity index (χ0) is 14.7. The van der Waals surface area contributed by atoms with Crippen LogP contribution in [0.15, 0.2) is 16.8 Å². The van der Waals surface area contributed by atoms with Crippen molar-refractivity contribution in [2.24, 2.45) is 0 Å². The Labute approximate surface area is 133 Å². The average molecular weight is 325 g/mol. The van der Waals surface area contributed by atoms with Gasteiger partial charge in [-0.25, -0.2) is 0 Å². The van der Waals surface area contributed by atoms with Crippen molar-refractivity contribution >= 4 is 28.9 Å². The first-order chi connectivity index (χ1) is 10.3. The third kappa shape index (κ3) is 3.83. The summed E-state index contributed by atoms with van der Waals surface area (Å²) in [6.45, 7) is 3.41. The van der Waals surface area contributed by atoms with Gasteiger partial charge in [0.05, 0.1) is 6.61 Å². The van der Waals surface area contributed by atoms with E-state index in [1.165, 1.54) is 18.4 Å². The highest BCUT2D eigenvalue weighted by Gasteiger charge is 2.31. The first-order valence-corrected chi connectivity index (χ1v) is 8.40. The van der Waals surface area contributed by atoms with Crippen LogP contribution in [0.4, 0.5) is 5.95 Å². The maximum absolute atomic E-state index is 6.01. The lowest BCUT2D eigenvalue weighted by Crippen LogP contribution is -2.27. The molecule has 0 aliphatic heterocycles. The fourth-order valence-electron chi connectivity index (χ4n) is 2.04. The van der Waals surface area contributed by atoms with Crippen LogP contribution in [0, 0.1) is 0 Å². The molecule has 2 aromatic rings. The van der Waals surface area contributed by atoms with Crippen molar-refractivity contribution in [3.63, 3.8) is 0 Å². The molecule has 3 rings (SSSR count). The molecule has 5 nitrogen and oxygen atoms in total. The highest BCUT2D eigenvalue weighted by atomic mass is 35.5. The summed E-state index contributed by atoms with van der Waals surface area (Å²) in [7, 11) is 0. The van der Waals surface area contributed by atoms with Crippen LogP contribution in [0.25, 0.3) is 0 Å². The average Bonchev–Trinajstić information content (AvgIpc) is 3.18. The molecule has 2 heterocycles. The van der Waals surface area contributed by atoms with Crippen molar-refractivity contribution in [2.45, 2.75) is 38.8 Å². The van der Waals surface area contributed by atoms with Gasteiger partial charge < -0.3 is 9.64 Å². The quantitative estimate of drug-likeness (QED) is 0.779. The Bertz CT molecular complexity index is 589. The van der Waals surface area contributed by atoms with Crippen LogP contribution >= 0.6 is 22.9 Å². The summed E-state index contributed by atoms with van der Waals surface area (Å²) in [5.41, 5.74) is 1.26. The highest BCUT2D eigenvalue weighted by molar-refractivity contribution is 7.07. The van der Waals surface area contributed by atoms with Gasteiger partial charge in [-0.1, -0.05) is 6.92 Å². The Morgan fingerprint density at radius 1 is 1.38 bits per heavy atom. The van der Waals surface area contributed by atoms with Gasteiger partial charge in [0.25, 0.3) is 0 Å². The summed E-state index contributed by atoms with van der Waals surface area (Å²) in [4.78, 5) is 14.9. The van der Waals surface area contributed by atoms with E-state index >= 15 is 0 Å². The fourth-order valence-corrected chi connectivity index (χ4v) is 2.84. The SMILES string of the molecule is CCCOc1nc(Cl)nc(N(Cc2ccsc2)C2CC2)n1. The molecule has 0 radical (unpaired) electrons. The number of aromatic nitrogens is 3. The van der Waals surface area contributed by atoms with Crippen LogP contribution in [-0.2, 0) is 6.54 Å². The van der Waals surface area contributed by atoms with Crippen molar-refractivity contribution in [1.29, 1.82) is 0 Å². The molecule has 21 heavy (non-hydrogen) atoms. The summed E-state index contributed by atoms with van der Waals surface area (Å²) in [6, 6.07) is 2.92. The number of anilines is 1. The molecular formula is C14H17ClN4OS. The Kier molecular flexibility index (Phi) is 4.55.